The maximum Gasteiger partial charge on any atom is 0.154 e. The Labute approximate surface area is 137 Å². The van der Waals surface area contributed by atoms with Crippen molar-refractivity contribution < 1.29 is 18.3 Å². The van der Waals surface area contributed by atoms with E-state index in [4.69, 9.17) is 15.2 Å². The number of amidine groups is 1. The summed E-state index contributed by atoms with van der Waals surface area (Å²) < 4.78 is 39.2. The van der Waals surface area contributed by atoms with E-state index in [1.807, 2.05) is 0 Å². The van der Waals surface area contributed by atoms with E-state index < -0.39 is 17.2 Å². The molecule has 0 aromatic heterocycles. The highest BCUT2D eigenvalue weighted by atomic mass is 32.2. The van der Waals surface area contributed by atoms with Gasteiger partial charge in [-0.25, -0.2) is 13.8 Å². The van der Waals surface area contributed by atoms with Crippen molar-refractivity contribution in [2.24, 2.45) is 16.6 Å². The van der Waals surface area contributed by atoms with Crippen LogP contribution >= 0.6 is 11.8 Å². The average Bonchev–Trinajstić information content (AvgIpc) is 2.45. The zero-order valence-electron chi connectivity index (χ0n) is 12.5. The van der Waals surface area contributed by atoms with E-state index >= 15 is 0 Å². The molecule has 0 spiro atoms. The molecule has 0 aliphatic carbocycles. The van der Waals surface area contributed by atoms with Crippen molar-refractivity contribution in [3.63, 3.8) is 0 Å². The lowest BCUT2D eigenvalue weighted by Gasteiger charge is -2.48. The minimum absolute atomic E-state index is 0.0144. The van der Waals surface area contributed by atoms with Crippen LogP contribution in [-0.4, -0.2) is 36.3 Å². The van der Waals surface area contributed by atoms with E-state index in [9.17, 15) is 8.78 Å². The summed E-state index contributed by atoms with van der Waals surface area (Å²) in [6.45, 7) is 1.01. The molecule has 7 heteroatoms. The summed E-state index contributed by atoms with van der Waals surface area (Å²) in [5.41, 5.74) is 5.41. The Morgan fingerprint density at radius 3 is 2.78 bits per heavy atom. The third-order valence-corrected chi connectivity index (χ3v) is 5.95. The lowest BCUT2D eigenvalue weighted by Crippen LogP contribution is -2.54. The Morgan fingerprint density at radius 2 is 2.09 bits per heavy atom. The molecule has 4 rings (SSSR count). The molecule has 2 fully saturated rings. The molecule has 1 aromatic rings. The van der Waals surface area contributed by atoms with Gasteiger partial charge in [0, 0.05) is 29.9 Å². The topological polar surface area (TPSA) is 56.8 Å². The number of halogens is 2. The van der Waals surface area contributed by atoms with Crippen LogP contribution in [-0.2, 0) is 15.0 Å². The summed E-state index contributed by atoms with van der Waals surface area (Å²) >= 11 is 1.48. The third kappa shape index (κ3) is 2.55. The van der Waals surface area contributed by atoms with Crippen molar-refractivity contribution in [2.75, 3.05) is 19.0 Å². The van der Waals surface area contributed by atoms with Crippen LogP contribution in [0.25, 0.3) is 0 Å². The Morgan fingerprint density at radius 1 is 1.26 bits per heavy atom. The second-order valence-corrected chi connectivity index (χ2v) is 7.33. The van der Waals surface area contributed by atoms with Gasteiger partial charge >= 0.3 is 0 Å². The molecule has 0 amide bonds. The van der Waals surface area contributed by atoms with Crippen LogP contribution in [0, 0.1) is 17.6 Å². The number of hydrogen-bond acceptors (Lipinski definition) is 5. The first-order valence-electron chi connectivity index (χ1n) is 7.75. The average molecular weight is 340 g/mol. The van der Waals surface area contributed by atoms with Gasteiger partial charge in [-0.3, -0.25) is 0 Å². The molecule has 2 N–H and O–H groups in total. The number of aliphatic imine (C=N–C) groups is 1. The zero-order valence-corrected chi connectivity index (χ0v) is 13.3. The number of hydrogen-bond donors (Lipinski definition) is 1. The predicted molar refractivity (Wildman–Crippen MR) is 84.3 cm³/mol. The van der Waals surface area contributed by atoms with Gasteiger partial charge in [-0.1, -0.05) is 17.8 Å². The van der Waals surface area contributed by atoms with E-state index in [0.29, 0.717) is 10.7 Å². The highest BCUT2D eigenvalue weighted by Gasteiger charge is 2.51. The molecule has 0 radical (unpaired) electrons. The predicted octanol–water partition coefficient (Wildman–Crippen LogP) is 2.42. The monoisotopic (exact) mass is 340 g/mol. The normalized spacial score (nSPS) is 36.8. The zero-order chi connectivity index (χ0) is 16.0. The van der Waals surface area contributed by atoms with E-state index in [1.54, 1.807) is 0 Å². The van der Waals surface area contributed by atoms with E-state index in [-0.39, 0.29) is 24.7 Å². The van der Waals surface area contributed by atoms with Gasteiger partial charge in [0.05, 0.1) is 18.8 Å². The Hall–Kier alpha value is -1.18. The first kappa shape index (κ1) is 15.4. The second-order valence-electron chi connectivity index (χ2n) is 6.29. The van der Waals surface area contributed by atoms with E-state index in [0.717, 1.165) is 31.3 Å². The van der Waals surface area contributed by atoms with Gasteiger partial charge in [0.2, 0.25) is 0 Å². The van der Waals surface area contributed by atoms with E-state index in [2.05, 4.69) is 4.99 Å². The van der Waals surface area contributed by atoms with Gasteiger partial charge in [0.25, 0.3) is 0 Å². The molecule has 4 nitrogen and oxygen atoms in total. The number of ether oxygens (including phenoxy) is 2. The molecule has 4 unspecified atom stereocenters. The first-order chi connectivity index (χ1) is 11.1. The van der Waals surface area contributed by atoms with Crippen molar-refractivity contribution in [3.8, 4) is 0 Å². The second kappa shape index (κ2) is 5.72. The number of nitrogens with two attached hydrogens (primary N) is 1. The van der Waals surface area contributed by atoms with Crippen molar-refractivity contribution in [1.82, 2.24) is 0 Å². The fraction of sp³-hybridized carbons (Fsp3) is 0.562. The van der Waals surface area contributed by atoms with Gasteiger partial charge in [0.1, 0.15) is 17.2 Å². The molecule has 3 heterocycles. The first-order valence-corrected chi connectivity index (χ1v) is 8.74. The molecule has 4 atom stereocenters. The summed E-state index contributed by atoms with van der Waals surface area (Å²) in [7, 11) is 0. The Balaban J connectivity index is 1.71. The summed E-state index contributed by atoms with van der Waals surface area (Å²) in [6.07, 6.45) is 1.87. The van der Waals surface area contributed by atoms with Crippen LogP contribution in [0.15, 0.2) is 23.2 Å². The van der Waals surface area contributed by atoms with Gasteiger partial charge < -0.3 is 15.2 Å². The maximum atomic E-state index is 14.4. The fourth-order valence-corrected chi connectivity index (χ4v) is 4.66. The number of fused-ring (bicyclic) bond motifs is 1. The van der Waals surface area contributed by atoms with Gasteiger partial charge in [0.15, 0.2) is 5.17 Å². The largest absolute Gasteiger partial charge is 0.379 e. The standard InChI is InChI=1S/C16H18F2N2O2S/c17-10-1-2-11(12(18)6-10)16-8-22-14(13-3-4-21-13)5-9(16)7-23-15(19)20-16/h1-2,6,9,13-14H,3-5,7-8H2,(H2,19,20). The molecule has 23 heavy (non-hydrogen) atoms. The minimum Gasteiger partial charge on any atom is -0.379 e. The molecule has 124 valence electrons. The van der Waals surface area contributed by atoms with Crippen molar-refractivity contribution in [3.05, 3.63) is 35.4 Å². The Bertz CT molecular complexity index is 653. The lowest BCUT2D eigenvalue weighted by molar-refractivity contribution is -0.172. The summed E-state index contributed by atoms with van der Waals surface area (Å²) in [4.78, 5) is 4.56. The molecule has 2 saturated heterocycles. The SMILES string of the molecule is NC1=NC2(c3ccc(F)cc3F)COC(C3CCO3)CC2CS1. The van der Waals surface area contributed by atoms with Crippen molar-refractivity contribution >= 4 is 16.9 Å². The fourth-order valence-electron chi connectivity index (χ4n) is 3.64. The van der Waals surface area contributed by atoms with Crippen LogP contribution in [0.1, 0.15) is 18.4 Å². The molecule has 0 saturated carbocycles. The quantitative estimate of drug-likeness (QED) is 0.898. The van der Waals surface area contributed by atoms with Gasteiger partial charge in [-0.2, -0.15) is 0 Å². The number of rotatable bonds is 2. The molecule has 1 aromatic carbocycles. The number of benzene rings is 1. The van der Waals surface area contributed by atoms with Gasteiger partial charge in [-0.15, -0.1) is 0 Å². The maximum absolute atomic E-state index is 14.4. The van der Waals surface area contributed by atoms with Crippen LogP contribution < -0.4 is 5.73 Å². The van der Waals surface area contributed by atoms with E-state index in [1.165, 1.54) is 23.9 Å². The number of thioether (sulfide) groups is 1. The number of nitrogens with zero attached hydrogens (tertiary/aromatic N) is 1. The summed E-state index contributed by atoms with van der Waals surface area (Å²) in [5, 5.41) is 0.423. The third-order valence-electron chi connectivity index (χ3n) is 5.00. The molecule has 3 aliphatic rings. The molecule has 3 aliphatic heterocycles. The van der Waals surface area contributed by atoms with Crippen LogP contribution in [0.5, 0.6) is 0 Å². The lowest BCUT2D eigenvalue weighted by atomic mass is 9.74. The Kier molecular flexibility index (Phi) is 3.82. The van der Waals surface area contributed by atoms with Crippen molar-refractivity contribution in [1.29, 1.82) is 0 Å². The van der Waals surface area contributed by atoms with Crippen molar-refractivity contribution in [2.45, 2.75) is 30.6 Å². The highest BCUT2D eigenvalue weighted by molar-refractivity contribution is 8.13. The molecule has 0 bridgehead atoms. The molecular formula is C16H18F2N2O2S. The summed E-state index contributed by atoms with van der Waals surface area (Å²) in [5.74, 6) is -0.361. The summed E-state index contributed by atoms with van der Waals surface area (Å²) in [6, 6.07) is 3.63. The van der Waals surface area contributed by atoms with Crippen LogP contribution in [0.2, 0.25) is 0 Å². The highest BCUT2D eigenvalue weighted by Crippen LogP contribution is 2.47. The van der Waals surface area contributed by atoms with Crippen LogP contribution in [0.3, 0.4) is 0 Å². The smallest absolute Gasteiger partial charge is 0.154 e. The van der Waals surface area contributed by atoms with Gasteiger partial charge in [-0.05, 0) is 18.9 Å². The van der Waals surface area contributed by atoms with Crippen LogP contribution in [0.4, 0.5) is 8.78 Å². The minimum atomic E-state index is -0.868. The molecular weight excluding hydrogens is 322 g/mol.